The third-order valence-corrected chi connectivity index (χ3v) is 11.8. The minimum atomic E-state index is -4.77. The lowest BCUT2D eigenvalue weighted by Gasteiger charge is -2.24. The average Bonchev–Trinajstić information content (AvgIpc) is 3.77. The van der Waals surface area contributed by atoms with Gasteiger partial charge in [-0.15, -0.1) is 0 Å². The van der Waals surface area contributed by atoms with Gasteiger partial charge in [0.25, 0.3) is 0 Å². The summed E-state index contributed by atoms with van der Waals surface area (Å²) in [5.41, 5.74) is 0.230. The Bertz CT molecular complexity index is 1820. The van der Waals surface area contributed by atoms with Crippen molar-refractivity contribution in [1.82, 2.24) is 14.6 Å². The lowest BCUT2D eigenvalue weighted by Crippen LogP contribution is -2.41. The fourth-order valence-electron chi connectivity index (χ4n) is 7.11. The average molecular weight is 846 g/mol. The molecular weight excluding hydrogens is 785 g/mol. The Morgan fingerprint density at radius 3 is 2.19 bits per heavy atom. The summed E-state index contributed by atoms with van der Waals surface area (Å²) in [7, 11) is -4.77. The molecule has 1 aliphatic heterocycles. The number of hydrogen-bond acceptors (Lipinski definition) is 12. The first-order valence-electron chi connectivity index (χ1n) is 20.8. The largest absolute Gasteiger partial charge is 0.472 e. The zero-order valence-corrected chi connectivity index (χ0v) is 35.6. The van der Waals surface area contributed by atoms with Gasteiger partial charge < -0.3 is 29.3 Å². The number of nitrogens with zero attached hydrogens (tertiary/aromatic N) is 5. The second-order valence-corrected chi connectivity index (χ2v) is 17.0. The number of unbranched alkanes of at least 4 members (excludes halogenated alkanes) is 15. The number of phosphoric acid groups is 1. The Morgan fingerprint density at radius 1 is 0.931 bits per heavy atom. The SMILES string of the molecule is CCCCCCCCCCCCCCCCCCOC[C@H](COP(=O)(O)OC[C@H]1O[C@@](C#N)(c2ccc3c(C)ncnn23)[C@H](O)[C@@H]1O)OCc1ccc(Cl)c(C#N)c1. The highest BCUT2D eigenvalue weighted by Crippen LogP contribution is 2.46. The van der Waals surface area contributed by atoms with E-state index in [4.69, 9.17) is 34.9 Å². The minimum Gasteiger partial charge on any atom is -0.387 e. The van der Waals surface area contributed by atoms with Crippen molar-refractivity contribution in [3.8, 4) is 12.1 Å². The number of hydrogen-bond donors (Lipinski definition) is 3. The highest BCUT2D eigenvalue weighted by molar-refractivity contribution is 7.47. The second kappa shape index (κ2) is 24.9. The van der Waals surface area contributed by atoms with E-state index in [2.05, 4.69) is 17.0 Å². The third-order valence-electron chi connectivity index (χ3n) is 10.6. The third kappa shape index (κ3) is 14.3. The highest BCUT2D eigenvalue weighted by atomic mass is 35.5. The van der Waals surface area contributed by atoms with Gasteiger partial charge in [-0.2, -0.15) is 15.6 Å². The summed E-state index contributed by atoms with van der Waals surface area (Å²) >= 11 is 6.08. The van der Waals surface area contributed by atoms with Gasteiger partial charge >= 0.3 is 7.82 Å². The molecule has 1 aromatic carbocycles. The molecule has 3 heterocycles. The Morgan fingerprint density at radius 2 is 1.57 bits per heavy atom. The van der Waals surface area contributed by atoms with Crippen LogP contribution in [0.25, 0.3) is 5.52 Å². The Hall–Kier alpha value is -2.98. The number of ether oxygens (including phenoxy) is 3. The van der Waals surface area contributed by atoms with E-state index < -0.39 is 44.4 Å². The Kier molecular flexibility index (Phi) is 20.5. The molecule has 0 radical (unpaired) electrons. The molecule has 3 aromatic rings. The van der Waals surface area contributed by atoms with Gasteiger partial charge in [-0.3, -0.25) is 9.05 Å². The topological polar surface area (TPSA) is 202 Å². The van der Waals surface area contributed by atoms with Crippen molar-refractivity contribution in [1.29, 1.82) is 10.5 Å². The van der Waals surface area contributed by atoms with Crippen LogP contribution in [0.5, 0.6) is 0 Å². The van der Waals surface area contributed by atoms with Crippen LogP contribution in [0.2, 0.25) is 5.02 Å². The minimum absolute atomic E-state index is 0.0496. The van der Waals surface area contributed by atoms with Crippen molar-refractivity contribution in [2.75, 3.05) is 26.4 Å². The summed E-state index contributed by atoms with van der Waals surface area (Å²) < 4.78 is 42.7. The van der Waals surface area contributed by atoms with Crippen molar-refractivity contribution in [3.05, 3.63) is 64.2 Å². The van der Waals surface area contributed by atoms with Gasteiger partial charge in [-0.25, -0.2) is 14.1 Å². The number of aliphatic hydroxyl groups is 2. The maximum atomic E-state index is 13.1. The summed E-state index contributed by atoms with van der Waals surface area (Å²) in [6, 6.07) is 12.1. The molecule has 0 spiro atoms. The van der Waals surface area contributed by atoms with Crippen molar-refractivity contribution >= 4 is 24.9 Å². The smallest absolute Gasteiger partial charge is 0.387 e. The van der Waals surface area contributed by atoms with Crippen LogP contribution in [-0.4, -0.2) is 80.5 Å². The molecule has 4 rings (SSSR count). The molecule has 1 fully saturated rings. The van der Waals surface area contributed by atoms with Crippen LogP contribution < -0.4 is 0 Å². The molecule has 16 heteroatoms. The van der Waals surface area contributed by atoms with E-state index >= 15 is 0 Å². The van der Waals surface area contributed by atoms with Gasteiger partial charge in [0.05, 0.1) is 53.9 Å². The zero-order valence-electron chi connectivity index (χ0n) is 34.0. The van der Waals surface area contributed by atoms with E-state index in [9.17, 15) is 30.2 Å². The van der Waals surface area contributed by atoms with Crippen molar-refractivity contribution in [3.63, 3.8) is 0 Å². The summed E-state index contributed by atoms with van der Waals surface area (Å²) in [5.74, 6) is 0. The molecular formula is C42H61ClN5O9P. The van der Waals surface area contributed by atoms with Crippen molar-refractivity contribution < 1.29 is 42.9 Å². The fourth-order valence-corrected chi connectivity index (χ4v) is 8.03. The molecule has 0 aliphatic carbocycles. The maximum Gasteiger partial charge on any atom is 0.472 e. The normalized spacial score (nSPS) is 20.9. The summed E-state index contributed by atoms with van der Waals surface area (Å²) in [4.78, 5) is 14.7. The number of aryl methyl sites for hydroxylation is 1. The lowest BCUT2D eigenvalue weighted by molar-refractivity contribution is -0.0690. The van der Waals surface area contributed by atoms with Crippen molar-refractivity contribution in [2.24, 2.45) is 0 Å². The fraction of sp³-hybridized carbons (Fsp3) is 0.667. The second-order valence-electron chi connectivity index (χ2n) is 15.1. The van der Waals surface area contributed by atoms with Crippen molar-refractivity contribution in [2.45, 2.75) is 153 Å². The van der Waals surface area contributed by atoms with Crippen LogP contribution in [0, 0.1) is 29.6 Å². The van der Waals surface area contributed by atoms with Gasteiger partial charge in [0.1, 0.15) is 42.9 Å². The van der Waals surface area contributed by atoms with E-state index in [-0.39, 0.29) is 25.5 Å². The molecule has 0 saturated carbocycles. The molecule has 58 heavy (non-hydrogen) atoms. The predicted molar refractivity (Wildman–Crippen MR) is 219 cm³/mol. The quantitative estimate of drug-likeness (QED) is 0.0445. The zero-order chi connectivity index (χ0) is 41.8. The number of aromatic nitrogens is 3. The number of halogens is 1. The van der Waals surface area contributed by atoms with Gasteiger partial charge in [0.2, 0.25) is 5.60 Å². The van der Waals surface area contributed by atoms with E-state index in [0.717, 1.165) is 19.3 Å². The molecule has 1 unspecified atom stereocenters. The van der Waals surface area contributed by atoms with Crippen LogP contribution in [0.4, 0.5) is 0 Å². The van der Waals surface area contributed by atoms with E-state index in [1.54, 1.807) is 31.2 Å². The molecule has 1 saturated heterocycles. The number of rotatable bonds is 29. The van der Waals surface area contributed by atoms with Crippen LogP contribution in [0.15, 0.2) is 36.7 Å². The van der Waals surface area contributed by atoms with Gasteiger partial charge in [-0.1, -0.05) is 121 Å². The predicted octanol–water partition coefficient (Wildman–Crippen LogP) is 8.40. The van der Waals surface area contributed by atoms with Gasteiger partial charge in [0.15, 0.2) is 0 Å². The molecule has 0 amide bonds. The molecule has 3 N–H and O–H groups in total. The standard InChI is InChI=1S/C42H61ClN5O9P/c1-3-4-5-6-7-8-9-10-11-12-13-14-15-16-17-18-23-53-27-35(54-26-33-19-20-36(43)34(24-33)25-44)28-55-58(51,52)56-29-38-40(49)41(50)42(30-45,57-38)39-22-21-37-32(2)46-31-47-48(37)39/h19-22,24,31,35,38,40-41,49-50H,3-18,23,26-29H2,1-2H3,(H,51,52)/t35-,38-,40-,41-,42+/m1/s1. The summed E-state index contributed by atoms with van der Waals surface area (Å²) in [6.45, 7) is 3.53. The van der Waals surface area contributed by atoms with Crippen LogP contribution in [0.3, 0.4) is 0 Å². The first-order chi connectivity index (χ1) is 28.0. The molecule has 6 atom stereocenters. The first-order valence-corrected chi connectivity index (χ1v) is 22.7. The number of fused-ring (bicyclic) bond motifs is 1. The maximum absolute atomic E-state index is 13.1. The Labute approximate surface area is 348 Å². The van der Waals surface area contributed by atoms with Gasteiger partial charge in [-0.05, 0) is 43.2 Å². The van der Waals surface area contributed by atoms with E-state index in [1.807, 2.05) is 12.1 Å². The Balaban J connectivity index is 1.20. The van der Waals surface area contributed by atoms with Crippen LogP contribution in [0.1, 0.15) is 132 Å². The molecule has 2 aromatic heterocycles. The molecule has 0 bridgehead atoms. The molecule has 14 nitrogen and oxygen atoms in total. The first kappa shape index (κ1) is 47.7. The van der Waals surface area contributed by atoms with Gasteiger partial charge in [0, 0.05) is 6.61 Å². The number of nitriles is 2. The van der Waals surface area contributed by atoms with Crippen LogP contribution in [-0.2, 0) is 40.0 Å². The molecule has 320 valence electrons. The monoisotopic (exact) mass is 845 g/mol. The van der Waals surface area contributed by atoms with Crippen LogP contribution >= 0.6 is 19.4 Å². The van der Waals surface area contributed by atoms with E-state index in [1.165, 1.54) is 100 Å². The summed E-state index contributed by atoms with van der Waals surface area (Å²) in [5, 5.41) is 45.9. The number of aliphatic hydroxyl groups excluding tert-OH is 2. The number of benzene rings is 1. The lowest BCUT2D eigenvalue weighted by atomic mass is 9.92. The summed E-state index contributed by atoms with van der Waals surface area (Å²) in [6.07, 6.45) is 16.0. The molecule has 1 aliphatic rings. The number of phosphoric ester groups is 1. The van der Waals surface area contributed by atoms with E-state index in [0.29, 0.717) is 34.0 Å². The highest BCUT2D eigenvalue weighted by Gasteiger charge is 2.58.